The van der Waals surface area contributed by atoms with Crippen molar-refractivity contribution < 1.29 is 0 Å². The van der Waals surface area contributed by atoms with Crippen LogP contribution in [-0.2, 0) is 0 Å². The van der Waals surface area contributed by atoms with Crippen molar-refractivity contribution in [3.8, 4) is 0 Å². The van der Waals surface area contributed by atoms with E-state index in [0.29, 0.717) is 11.0 Å². The second-order valence-corrected chi connectivity index (χ2v) is 7.24. The lowest BCUT2D eigenvalue weighted by Gasteiger charge is -2.23. The Morgan fingerprint density at radius 2 is 1.86 bits per heavy atom. The summed E-state index contributed by atoms with van der Waals surface area (Å²) in [6.45, 7) is 11.1. The van der Waals surface area contributed by atoms with E-state index in [0.717, 1.165) is 47.5 Å². The van der Waals surface area contributed by atoms with Gasteiger partial charge in [-0.1, -0.05) is 41.1 Å². The molecule has 2 aromatic carbocycles. The molecule has 142 valence electrons. The summed E-state index contributed by atoms with van der Waals surface area (Å²) in [5, 5.41) is 15.9. The number of nitrogens with zero attached hydrogens (tertiary/aromatic N) is 6. The first-order chi connectivity index (χ1) is 13.5. The number of hydrazone groups is 1. The largest absolute Gasteiger partial charge is 0.294 e. The Kier molecular flexibility index (Phi) is 4.88. The number of allylic oxidation sites excluding steroid dienone is 1. The summed E-state index contributed by atoms with van der Waals surface area (Å²) in [6.07, 6.45) is 1.88. The predicted octanol–water partition coefficient (Wildman–Crippen LogP) is 4.85. The number of rotatable bonds is 5. The Hall–Kier alpha value is -3.12. The van der Waals surface area contributed by atoms with Gasteiger partial charge in [-0.3, -0.25) is 4.90 Å². The van der Waals surface area contributed by atoms with Crippen molar-refractivity contribution in [3.05, 3.63) is 78.1 Å². The average Bonchev–Trinajstić information content (AvgIpc) is 3.24. The number of anilines is 1. The average molecular weight is 393 g/mol. The van der Waals surface area contributed by atoms with Crippen LogP contribution in [-0.4, -0.2) is 32.4 Å². The minimum atomic E-state index is 0.676. The summed E-state index contributed by atoms with van der Waals surface area (Å²) in [5.41, 5.74) is 3.77. The number of hydrogen-bond acceptors (Lipinski definition) is 5. The quantitative estimate of drug-likeness (QED) is 0.582. The Balaban J connectivity index is 1.73. The summed E-state index contributed by atoms with van der Waals surface area (Å²) in [4.78, 5) is 2.07. The standard InChI is InChI=1S/C21H21ClN6/c1-15(2)7-6-14-26-16(3)27(18-12-10-17(22)11-13-18)24-21(26)28-20-9-5-4-8-19(20)23-25-28/h4-5,8-13H,1,3,6-7,14H2,2H3. The van der Waals surface area contributed by atoms with Gasteiger partial charge < -0.3 is 0 Å². The van der Waals surface area contributed by atoms with Crippen molar-refractivity contribution in [1.82, 2.24) is 19.9 Å². The molecule has 1 aliphatic rings. The van der Waals surface area contributed by atoms with E-state index < -0.39 is 0 Å². The number of para-hydroxylation sites is 1. The van der Waals surface area contributed by atoms with Crippen molar-refractivity contribution in [1.29, 1.82) is 0 Å². The van der Waals surface area contributed by atoms with Crippen LogP contribution < -0.4 is 5.01 Å². The van der Waals surface area contributed by atoms with Gasteiger partial charge in [-0.25, -0.2) is 5.01 Å². The summed E-state index contributed by atoms with van der Waals surface area (Å²) in [5.74, 6) is 1.44. The molecule has 0 bridgehead atoms. The molecule has 2 heterocycles. The highest BCUT2D eigenvalue weighted by atomic mass is 35.5. The van der Waals surface area contributed by atoms with Crippen LogP contribution in [0.4, 0.5) is 5.69 Å². The van der Waals surface area contributed by atoms with E-state index in [-0.39, 0.29) is 0 Å². The van der Waals surface area contributed by atoms with Crippen LogP contribution in [0.3, 0.4) is 0 Å². The molecule has 0 fully saturated rings. The lowest BCUT2D eigenvalue weighted by atomic mass is 10.2. The Morgan fingerprint density at radius 3 is 2.61 bits per heavy atom. The molecule has 28 heavy (non-hydrogen) atoms. The molecule has 1 aromatic heterocycles. The van der Waals surface area contributed by atoms with E-state index in [2.05, 4.69) is 28.4 Å². The first kappa shape index (κ1) is 18.3. The number of fused-ring (bicyclic) bond motifs is 1. The molecule has 0 saturated carbocycles. The number of benzene rings is 2. The van der Waals surface area contributed by atoms with Crippen molar-refractivity contribution in [2.75, 3.05) is 11.6 Å². The van der Waals surface area contributed by atoms with Crippen LogP contribution in [0.1, 0.15) is 19.8 Å². The highest BCUT2D eigenvalue weighted by Crippen LogP contribution is 2.29. The molecule has 0 amide bonds. The van der Waals surface area contributed by atoms with Gasteiger partial charge in [-0.2, -0.15) is 4.68 Å². The highest BCUT2D eigenvalue weighted by Gasteiger charge is 2.31. The zero-order valence-corrected chi connectivity index (χ0v) is 16.5. The van der Waals surface area contributed by atoms with Crippen LogP contribution in [0.15, 0.2) is 78.2 Å². The predicted molar refractivity (Wildman–Crippen MR) is 114 cm³/mol. The van der Waals surface area contributed by atoms with Gasteiger partial charge in [0.25, 0.3) is 5.96 Å². The molecule has 0 N–H and O–H groups in total. The van der Waals surface area contributed by atoms with Crippen LogP contribution in [0.2, 0.25) is 5.02 Å². The van der Waals surface area contributed by atoms with Crippen LogP contribution in [0.25, 0.3) is 11.0 Å². The number of halogens is 1. The van der Waals surface area contributed by atoms with E-state index >= 15 is 0 Å². The van der Waals surface area contributed by atoms with Gasteiger partial charge in [0.1, 0.15) is 11.3 Å². The van der Waals surface area contributed by atoms with Gasteiger partial charge in [-0.05, 0) is 56.2 Å². The fraction of sp³-hybridized carbons (Fsp3) is 0.190. The van der Waals surface area contributed by atoms with E-state index in [1.54, 1.807) is 4.68 Å². The highest BCUT2D eigenvalue weighted by molar-refractivity contribution is 6.30. The summed E-state index contributed by atoms with van der Waals surface area (Å²) in [7, 11) is 0. The summed E-state index contributed by atoms with van der Waals surface area (Å²) in [6, 6.07) is 15.4. The third-order valence-corrected chi connectivity index (χ3v) is 4.84. The Bertz CT molecular complexity index is 1070. The molecule has 0 radical (unpaired) electrons. The molecule has 0 aliphatic carbocycles. The monoisotopic (exact) mass is 392 g/mol. The molecular formula is C21H21ClN6. The third kappa shape index (κ3) is 3.39. The minimum absolute atomic E-state index is 0.676. The number of hydrogen-bond donors (Lipinski definition) is 0. The van der Waals surface area contributed by atoms with Crippen molar-refractivity contribution in [2.24, 2.45) is 5.10 Å². The molecule has 0 atom stereocenters. The van der Waals surface area contributed by atoms with Crippen LogP contribution in [0.5, 0.6) is 0 Å². The maximum absolute atomic E-state index is 6.04. The van der Waals surface area contributed by atoms with E-state index in [4.69, 9.17) is 16.7 Å². The molecule has 0 spiro atoms. The second-order valence-electron chi connectivity index (χ2n) is 6.81. The molecule has 0 unspecified atom stereocenters. The van der Waals surface area contributed by atoms with Gasteiger partial charge in [0.05, 0.1) is 11.2 Å². The lowest BCUT2D eigenvalue weighted by molar-refractivity contribution is 0.488. The number of aromatic nitrogens is 3. The normalized spacial score (nSPS) is 14.1. The van der Waals surface area contributed by atoms with Crippen molar-refractivity contribution in [2.45, 2.75) is 19.8 Å². The van der Waals surface area contributed by atoms with Gasteiger partial charge in [0.15, 0.2) is 0 Å². The molecule has 6 nitrogen and oxygen atoms in total. The fourth-order valence-electron chi connectivity index (χ4n) is 3.16. The second kappa shape index (κ2) is 7.48. The van der Waals surface area contributed by atoms with E-state index in [1.807, 2.05) is 60.5 Å². The maximum atomic E-state index is 6.04. The molecular weight excluding hydrogens is 372 g/mol. The molecule has 7 heteroatoms. The molecule has 0 saturated heterocycles. The van der Waals surface area contributed by atoms with E-state index in [1.165, 1.54) is 0 Å². The van der Waals surface area contributed by atoms with Crippen LogP contribution >= 0.6 is 11.6 Å². The van der Waals surface area contributed by atoms with Gasteiger partial charge in [-0.15, -0.1) is 16.8 Å². The van der Waals surface area contributed by atoms with Gasteiger partial charge in [0.2, 0.25) is 0 Å². The lowest BCUT2D eigenvalue weighted by Crippen LogP contribution is -2.34. The Morgan fingerprint density at radius 1 is 1.11 bits per heavy atom. The summed E-state index contributed by atoms with van der Waals surface area (Å²) < 4.78 is 1.76. The Labute approximate surface area is 169 Å². The van der Waals surface area contributed by atoms with Gasteiger partial charge >= 0.3 is 0 Å². The first-order valence-corrected chi connectivity index (χ1v) is 9.48. The topological polar surface area (TPSA) is 49.5 Å². The van der Waals surface area contributed by atoms with Crippen LogP contribution in [0, 0.1) is 0 Å². The molecule has 4 rings (SSSR count). The smallest absolute Gasteiger partial charge is 0.252 e. The van der Waals surface area contributed by atoms with E-state index in [9.17, 15) is 0 Å². The zero-order valence-electron chi connectivity index (χ0n) is 15.7. The third-order valence-electron chi connectivity index (χ3n) is 4.58. The fourth-order valence-corrected chi connectivity index (χ4v) is 3.29. The molecule has 3 aromatic rings. The minimum Gasteiger partial charge on any atom is -0.294 e. The van der Waals surface area contributed by atoms with Crippen molar-refractivity contribution >= 4 is 34.3 Å². The maximum Gasteiger partial charge on any atom is 0.252 e. The summed E-state index contributed by atoms with van der Waals surface area (Å²) >= 11 is 6.04. The molecule has 1 aliphatic heterocycles. The zero-order chi connectivity index (χ0) is 19.7. The van der Waals surface area contributed by atoms with Crippen molar-refractivity contribution in [3.63, 3.8) is 0 Å². The van der Waals surface area contributed by atoms with Gasteiger partial charge in [0, 0.05) is 11.6 Å². The first-order valence-electron chi connectivity index (χ1n) is 9.10. The SMILES string of the molecule is C=C(C)CCCN1C(=C)N(c2ccc(Cl)cc2)N=C1n1nnc2ccccc21.